The standard InChI is InChI=1S/C8H16N2O.2ClH/c1-10-4-2-8(7-10)6-9-3-5-11-8;;/h9H,2-7H2,1H3;2*1H. The van der Waals surface area contributed by atoms with E-state index in [9.17, 15) is 0 Å². The molecule has 13 heavy (non-hydrogen) atoms. The Hall–Kier alpha value is 0.460. The van der Waals surface area contributed by atoms with Crippen molar-refractivity contribution in [3.05, 3.63) is 0 Å². The van der Waals surface area contributed by atoms with Crippen LogP contribution in [0.1, 0.15) is 6.42 Å². The molecule has 1 spiro atoms. The lowest BCUT2D eigenvalue weighted by Crippen LogP contribution is -2.51. The Morgan fingerprint density at radius 2 is 2.15 bits per heavy atom. The molecule has 2 aliphatic rings. The van der Waals surface area contributed by atoms with E-state index < -0.39 is 0 Å². The number of hydrogen-bond acceptors (Lipinski definition) is 3. The third-order valence-electron chi connectivity index (χ3n) is 2.64. The van der Waals surface area contributed by atoms with Crippen LogP contribution in [0.3, 0.4) is 0 Å². The molecule has 2 heterocycles. The van der Waals surface area contributed by atoms with Gasteiger partial charge >= 0.3 is 0 Å². The first kappa shape index (κ1) is 13.5. The summed E-state index contributed by atoms with van der Waals surface area (Å²) in [6.07, 6.45) is 1.19. The van der Waals surface area contributed by atoms with Gasteiger partial charge < -0.3 is 15.0 Å². The van der Waals surface area contributed by atoms with E-state index in [1.54, 1.807) is 0 Å². The molecule has 0 aromatic rings. The average Bonchev–Trinajstić information content (AvgIpc) is 2.34. The van der Waals surface area contributed by atoms with Crippen LogP contribution in [0.15, 0.2) is 0 Å². The maximum Gasteiger partial charge on any atom is 0.0944 e. The number of rotatable bonds is 0. The molecule has 1 unspecified atom stereocenters. The first-order valence-corrected chi connectivity index (χ1v) is 4.34. The molecule has 1 atom stereocenters. The highest BCUT2D eigenvalue weighted by atomic mass is 35.5. The number of ether oxygens (including phenoxy) is 1. The van der Waals surface area contributed by atoms with Gasteiger partial charge in [0, 0.05) is 26.2 Å². The van der Waals surface area contributed by atoms with E-state index >= 15 is 0 Å². The van der Waals surface area contributed by atoms with Gasteiger partial charge in [0.15, 0.2) is 0 Å². The minimum Gasteiger partial charge on any atom is -0.371 e. The number of likely N-dealkylation sites (N-methyl/N-ethyl adjacent to an activating group) is 1. The number of nitrogens with one attached hydrogen (secondary N) is 1. The number of morpholine rings is 1. The summed E-state index contributed by atoms with van der Waals surface area (Å²) in [7, 11) is 2.16. The third kappa shape index (κ3) is 2.96. The quantitative estimate of drug-likeness (QED) is 0.655. The van der Waals surface area contributed by atoms with Crippen LogP contribution in [0.25, 0.3) is 0 Å². The van der Waals surface area contributed by atoms with E-state index in [-0.39, 0.29) is 30.4 Å². The van der Waals surface area contributed by atoms with Crippen molar-refractivity contribution in [3.8, 4) is 0 Å². The fourth-order valence-electron chi connectivity index (χ4n) is 2.01. The van der Waals surface area contributed by atoms with Crippen LogP contribution in [0.2, 0.25) is 0 Å². The van der Waals surface area contributed by atoms with Crippen LogP contribution in [-0.2, 0) is 4.74 Å². The maximum absolute atomic E-state index is 5.79. The van der Waals surface area contributed by atoms with Crippen molar-refractivity contribution in [2.45, 2.75) is 12.0 Å². The fraction of sp³-hybridized carbons (Fsp3) is 1.00. The SMILES string of the molecule is CN1CCC2(CNCCO2)C1.Cl.Cl. The van der Waals surface area contributed by atoms with Crippen LogP contribution in [-0.4, -0.2) is 50.3 Å². The Kier molecular flexibility index (Phi) is 5.56. The lowest BCUT2D eigenvalue weighted by Gasteiger charge is -2.33. The molecule has 0 amide bonds. The molecule has 0 aromatic heterocycles. The minimum absolute atomic E-state index is 0. The fourth-order valence-corrected chi connectivity index (χ4v) is 2.01. The van der Waals surface area contributed by atoms with Crippen molar-refractivity contribution in [2.75, 3.05) is 39.8 Å². The number of nitrogens with zero attached hydrogens (tertiary/aromatic N) is 1. The second-order valence-electron chi connectivity index (χ2n) is 3.70. The average molecular weight is 229 g/mol. The van der Waals surface area contributed by atoms with Crippen LogP contribution < -0.4 is 5.32 Å². The predicted octanol–water partition coefficient (Wildman–Crippen LogP) is 0.524. The Labute approximate surface area is 92.0 Å². The van der Waals surface area contributed by atoms with Crippen molar-refractivity contribution in [1.29, 1.82) is 0 Å². The first-order chi connectivity index (χ1) is 5.31. The van der Waals surface area contributed by atoms with Gasteiger partial charge in [0.05, 0.1) is 12.2 Å². The molecule has 80 valence electrons. The van der Waals surface area contributed by atoms with Crippen LogP contribution in [0.5, 0.6) is 0 Å². The molecule has 2 rings (SSSR count). The summed E-state index contributed by atoms with van der Waals surface area (Å²) < 4.78 is 5.79. The number of halogens is 2. The summed E-state index contributed by atoms with van der Waals surface area (Å²) >= 11 is 0. The topological polar surface area (TPSA) is 24.5 Å². The Morgan fingerprint density at radius 1 is 1.38 bits per heavy atom. The molecule has 5 heteroatoms. The van der Waals surface area contributed by atoms with Gasteiger partial charge in [0.2, 0.25) is 0 Å². The zero-order valence-electron chi connectivity index (χ0n) is 7.91. The molecule has 2 saturated heterocycles. The molecule has 0 bridgehead atoms. The molecule has 1 N–H and O–H groups in total. The van der Waals surface area contributed by atoms with Gasteiger partial charge in [-0.1, -0.05) is 0 Å². The van der Waals surface area contributed by atoms with E-state index in [2.05, 4.69) is 17.3 Å². The van der Waals surface area contributed by atoms with Crippen LogP contribution in [0, 0.1) is 0 Å². The maximum atomic E-state index is 5.79. The molecule has 2 fully saturated rings. The predicted molar refractivity (Wildman–Crippen MR) is 58.2 cm³/mol. The van der Waals surface area contributed by atoms with Crippen LogP contribution >= 0.6 is 24.8 Å². The second-order valence-corrected chi connectivity index (χ2v) is 3.70. The lowest BCUT2D eigenvalue weighted by molar-refractivity contribution is -0.0560. The third-order valence-corrected chi connectivity index (χ3v) is 2.64. The van der Waals surface area contributed by atoms with Crippen molar-refractivity contribution in [3.63, 3.8) is 0 Å². The first-order valence-electron chi connectivity index (χ1n) is 4.34. The smallest absolute Gasteiger partial charge is 0.0944 e. The summed E-state index contributed by atoms with van der Waals surface area (Å²) in [6, 6.07) is 0. The Morgan fingerprint density at radius 3 is 2.62 bits per heavy atom. The number of likely N-dealkylation sites (tertiary alicyclic amines) is 1. The van der Waals surface area contributed by atoms with Gasteiger partial charge in [-0.2, -0.15) is 0 Å². The van der Waals surface area contributed by atoms with Gasteiger partial charge in [-0.3, -0.25) is 0 Å². The highest BCUT2D eigenvalue weighted by Crippen LogP contribution is 2.24. The highest BCUT2D eigenvalue weighted by molar-refractivity contribution is 5.85. The van der Waals surface area contributed by atoms with Gasteiger partial charge in [-0.15, -0.1) is 24.8 Å². The molecule has 0 aromatic carbocycles. The molecular formula is C8H18Cl2N2O. The van der Waals surface area contributed by atoms with E-state index in [1.165, 1.54) is 13.0 Å². The normalized spacial score (nSPS) is 33.9. The molecule has 0 saturated carbocycles. The zero-order valence-corrected chi connectivity index (χ0v) is 9.55. The van der Waals surface area contributed by atoms with E-state index in [0.29, 0.717) is 0 Å². The van der Waals surface area contributed by atoms with Crippen LogP contribution in [0.4, 0.5) is 0 Å². The highest BCUT2D eigenvalue weighted by Gasteiger charge is 2.38. The van der Waals surface area contributed by atoms with Gasteiger partial charge in [0.1, 0.15) is 0 Å². The second kappa shape index (κ2) is 5.37. The largest absolute Gasteiger partial charge is 0.371 e. The molecule has 0 radical (unpaired) electrons. The Bertz CT molecular complexity index is 146. The Balaban J connectivity index is 0.000000720. The van der Waals surface area contributed by atoms with Crippen molar-refractivity contribution in [2.24, 2.45) is 0 Å². The van der Waals surface area contributed by atoms with Crippen molar-refractivity contribution < 1.29 is 4.74 Å². The monoisotopic (exact) mass is 228 g/mol. The molecule has 3 nitrogen and oxygen atoms in total. The zero-order chi connectivity index (χ0) is 7.73. The summed E-state index contributed by atoms with van der Waals surface area (Å²) in [5.74, 6) is 0. The summed E-state index contributed by atoms with van der Waals surface area (Å²) in [5.41, 5.74) is 0.160. The summed E-state index contributed by atoms with van der Waals surface area (Å²) in [5, 5.41) is 3.39. The van der Waals surface area contributed by atoms with Crippen molar-refractivity contribution >= 4 is 24.8 Å². The molecular weight excluding hydrogens is 211 g/mol. The van der Waals surface area contributed by atoms with E-state index in [4.69, 9.17) is 4.74 Å². The lowest BCUT2D eigenvalue weighted by atomic mass is 10.0. The summed E-state index contributed by atoms with van der Waals surface area (Å²) in [4.78, 5) is 2.34. The van der Waals surface area contributed by atoms with E-state index in [1.807, 2.05) is 0 Å². The summed E-state index contributed by atoms with van der Waals surface area (Å²) in [6.45, 7) is 5.22. The minimum atomic E-state index is 0. The van der Waals surface area contributed by atoms with Crippen molar-refractivity contribution in [1.82, 2.24) is 10.2 Å². The van der Waals surface area contributed by atoms with Gasteiger partial charge in [0.25, 0.3) is 0 Å². The van der Waals surface area contributed by atoms with Gasteiger partial charge in [-0.25, -0.2) is 0 Å². The van der Waals surface area contributed by atoms with E-state index in [0.717, 1.165) is 26.2 Å². The molecule has 0 aliphatic carbocycles. The molecule has 2 aliphatic heterocycles. The number of hydrogen-bond donors (Lipinski definition) is 1. The van der Waals surface area contributed by atoms with Gasteiger partial charge in [-0.05, 0) is 13.5 Å².